The van der Waals surface area contributed by atoms with E-state index in [1.54, 1.807) is 6.20 Å². The van der Waals surface area contributed by atoms with Crippen LogP contribution in [0.3, 0.4) is 0 Å². The molecule has 2 heterocycles. The third-order valence-corrected chi connectivity index (χ3v) is 3.70. The van der Waals surface area contributed by atoms with Crippen LogP contribution in [0, 0.1) is 0 Å². The zero-order chi connectivity index (χ0) is 14.1. The molecule has 0 radical (unpaired) electrons. The molecule has 0 saturated heterocycles. The van der Waals surface area contributed by atoms with Crippen LogP contribution in [0.25, 0.3) is 22.6 Å². The first-order valence-corrected chi connectivity index (χ1v) is 7.36. The number of nitrogens with zero attached hydrogens (tertiary/aromatic N) is 3. The summed E-state index contributed by atoms with van der Waals surface area (Å²) in [4.78, 5) is 9.14. The molecule has 0 atom stereocenters. The number of fused-ring (bicyclic) bond motifs is 1. The van der Waals surface area contributed by atoms with Gasteiger partial charge in [0.1, 0.15) is 11.3 Å². The lowest BCUT2D eigenvalue weighted by Gasteiger charge is -2.09. The number of aryl methyl sites for hydroxylation is 1. The van der Waals surface area contributed by atoms with Crippen LogP contribution < -0.4 is 5.73 Å². The zero-order valence-electron chi connectivity index (χ0n) is 11.2. The average molecular weight is 331 g/mol. The number of pyridine rings is 1. The van der Waals surface area contributed by atoms with Gasteiger partial charge in [0.2, 0.25) is 0 Å². The molecular weight excluding hydrogens is 316 g/mol. The second-order valence-electron chi connectivity index (χ2n) is 4.66. The Balaban J connectivity index is 2.26. The van der Waals surface area contributed by atoms with Crippen molar-refractivity contribution >= 4 is 32.8 Å². The van der Waals surface area contributed by atoms with Crippen LogP contribution in [0.2, 0.25) is 0 Å². The van der Waals surface area contributed by atoms with E-state index < -0.39 is 0 Å². The van der Waals surface area contributed by atoms with Crippen LogP contribution in [-0.2, 0) is 6.54 Å². The Morgan fingerprint density at radius 3 is 2.90 bits per heavy atom. The third-order valence-electron chi connectivity index (χ3n) is 3.21. The van der Waals surface area contributed by atoms with Crippen molar-refractivity contribution in [2.24, 2.45) is 0 Å². The topological polar surface area (TPSA) is 56.7 Å². The van der Waals surface area contributed by atoms with E-state index in [0.717, 1.165) is 40.0 Å². The first-order valence-electron chi connectivity index (χ1n) is 6.57. The highest BCUT2D eigenvalue weighted by Crippen LogP contribution is 2.30. The lowest BCUT2D eigenvalue weighted by molar-refractivity contribution is 0.698. The predicted octanol–water partition coefficient (Wildman–Crippen LogP) is 3.85. The lowest BCUT2D eigenvalue weighted by atomic mass is 10.1. The molecule has 0 aliphatic carbocycles. The molecule has 0 bridgehead atoms. The van der Waals surface area contributed by atoms with E-state index in [-0.39, 0.29) is 0 Å². The molecule has 20 heavy (non-hydrogen) atoms. The van der Waals surface area contributed by atoms with E-state index in [1.807, 2.05) is 30.3 Å². The summed E-state index contributed by atoms with van der Waals surface area (Å²) in [6.07, 6.45) is 2.82. The van der Waals surface area contributed by atoms with Gasteiger partial charge in [0, 0.05) is 28.5 Å². The molecular formula is C15H15BrN4. The van der Waals surface area contributed by atoms with Gasteiger partial charge in [-0.2, -0.15) is 0 Å². The number of imidazole rings is 1. The highest BCUT2D eigenvalue weighted by Gasteiger charge is 2.14. The van der Waals surface area contributed by atoms with Crippen molar-refractivity contribution in [2.45, 2.75) is 19.9 Å². The fourth-order valence-corrected chi connectivity index (χ4v) is 2.72. The van der Waals surface area contributed by atoms with Crippen LogP contribution in [0.1, 0.15) is 13.3 Å². The Bertz CT molecular complexity index is 764. The van der Waals surface area contributed by atoms with Gasteiger partial charge in [0.25, 0.3) is 0 Å². The molecule has 0 amide bonds. The molecule has 0 fully saturated rings. The predicted molar refractivity (Wildman–Crippen MR) is 85.4 cm³/mol. The van der Waals surface area contributed by atoms with E-state index in [9.17, 15) is 0 Å². The molecule has 0 aliphatic rings. The molecule has 3 rings (SSSR count). The van der Waals surface area contributed by atoms with Crippen LogP contribution in [-0.4, -0.2) is 14.5 Å². The monoisotopic (exact) mass is 330 g/mol. The number of halogens is 1. The van der Waals surface area contributed by atoms with Crippen molar-refractivity contribution < 1.29 is 0 Å². The number of benzene rings is 1. The standard InChI is InChI=1S/C15H15BrN4/c1-2-8-20-14(11-6-5-10(16)9-12(11)17)19-13-4-3-7-18-15(13)20/h3-7,9H,2,8,17H2,1H3. The van der Waals surface area contributed by atoms with Crippen molar-refractivity contribution in [3.05, 3.63) is 41.0 Å². The van der Waals surface area contributed by atoms with Gasteiger partial charge in [-0.15, -0.1) is 0 Å². The van der Waals surface area contributed by atoms with Gasteiger partial charge in [-0.1, -0.05) is 22.9 Å². The van der Waals surface area contributed by atoms with Gasteiger partial charge < -0.3 is 10.3 Å². The second-order valence-corrected chi connectivity index (χ2v) is 5.58. The van der Waals surface area contributed by atoms with Gasteiger partial charge >= 0.3 is 0 Å². The van der Waals surface area contributed by atoms with Crippen molar-refractivity contribution in [3.8, 4) is 11.4 Å². The Labute approximate surface area is 125 Å². The summed E-state index contributed by atoms with van der Waals surface area (Å²) in [6.45, 7) is 3.02. The van der Waals surface area contributed by atoms with Crippen molar-refractivity contribution in [2.75, 3.05) is 5.73 Å². The molecule has 4 nitrogen and oxygen atoms in total. The Hall–Kier alpha value is -1.88. The number of nitrogen functional groups attached to an aromatic ring is 1. The Morgan fingerprint density at radius 1 is 1.30 bits per heavy atom. The van der Waals surface area contributed by atoms with Crippen molar-refractivity contribution in [1.82, 2.24) is 14.5 Å². The first-order chi connectivity index (χ1) is 9.70. The summed E-state index contributed by atoms with van der Waals surface area (Å²) in [7, 11) is 0. The zero-order valence-corrected chi connectivity index (χ0v) is 12.8. The smallest absolute Gasteiger partial charge is 0.160 e. The van der Waals surface area contributed by atoms with Crippen molar-refractivity contribution in [1.29, 1.82) is 0 Å². The molecule has 102 valence electrons. The number of rotatable bonds is 3. The maximum atomic E-state index is 6.14. The molecule has 0 spiro atoms. The third kappa shape index (κ3) is 2.18. The van der Waals surface area contributed by atoms with Crippen LogP contribution >= 0.6 is 15.9 Å². The molecule has 5 heteroatoms. The van der Waals surface area contributed by atoms with Crippen LogP contribution in [0.15, 0.2) is 41.0 Å². The first kappa shape index (κ1) is 13.1. The van der Waals surface area contributed by atoms with Gasteiger partial charge in [0.15, 0.2) is 5.65 Å². The lowest BCUT2D eigenvalue weighted by Crippen LogP contribution is -2.02. The summed E-state index contributed by atoms with van der Waals surface area (Å²) in [5, 5.41) is 0. The molecule has 2 N–H and O–H groups in total. The number of anilines is 1. The van der Waals surface area contributed by atoms with E-state index in [1.165, 1.54) is 0 Å². The molecule has 0 saturated carbocycles. The summed E-state index contributed by atoms with van der Waals surface area (Å²) in [6, 6.07) is 9.76. The number of aromatic nitrogens is 3. The Morgan fingerprint density at radius 2 is 2.15 bits per heavy atom. The summed E-state index contributed by atoms with van der Waals surface area (Å²) < 4.78 is 3.10. The fourth-order valence-electron chi connectivity index (χ4n) is 2.34. The maximum absolute atomic E-state index is 6.14. The quantitative estimate of drug-likeness (QED) is 0.742. The largest absolute Gasteiger partial charge is 0.398 e. The summed E-state index contributed by atoms with van der Waals surface area (Å²) in [5.74, 6) is 0.880. The van der Waals surface area contributed by atoms with E-state index in [4.69, 9.17) is 10.7 Å². The minimum Gasteiger partial charge on any atom is -0.398 e. The number of nitrogens with two attached hydrogens (primary N) is 1. The van der Waals surface area contributed by atoms with Crippen LogP contribution in [0.5, 0.6) is 0 Å². The van der Waals surface area contributed by atoms with Crippen molar-refractivity contribution in [3.63, 3.8) is 0 Å². The SMILES string of the molecule is CCCn1c(-c2ccc(Br)cc2N)nc2cccnc21. The van der Waals surface area contributed by atoms with Gasteiger partial charge in [-0.25, -0.2) is 9.97 Å². The van der Waals surface area contributed by atoms with Crippen LogP contribution in [0.4, 0.5) is 5.69 Å². The molecule has 2 aromatic heterocycles. The van der Waals surface area contributed by atoms with E-state index in [0.29, 0.717) is 5.69 Å². The maximum Gasteiger partial charge on any atom is 0.160 e. The minimum absolute atomic E-state index is 0.715. The highest BCUT2D eigenvalue weighted by atomic mass is 79.9. The van der Waals surface area contributed by atoms with Gasteiger partial charge in [-0.05, 0) is 36.8 Å². The Kier molecular flexibility index (Phi) is 3.44. The van der Waals surface area contributed by atoms with Gasteiger partial charge in [0.05, 0.1) is 0 Å². The number of hydrogen-bond acceptors (Lipinski definition) is 3. The molecule has 0 aliphatic heterocycles. The molecule has 3 aromatic rings. The average Bonchev–Trinajstić information content (AvgIpc) is 2.78. The second kappa shape index (κ2) is 5.25. The minimum atomic E-state index is 0.715. The van der Waals surface area contributed by atoms with Gasteiger partial charge in [-0.3, -0.25) is 0 Å². The normalized spacial score (nSPS) is 11.1. The molecule has 0 unspecified atom stereocenters. The summed E-state index contributed by atoms with van der Waals surface area (Å²) in [5.41, 5.74) is 9.61. The highest BCUT2D eigenvalue weighted by molar-refractivity contribution is 9.10. The molecule has 1 aromatic carbocycles. The number of hydrogen-bond donors (Lipinski definition) is 1. The fraction of sp³-hybridized carbons (Fsp3) is 0.200. The summed E-state index contributed by atoms with van der Waals surface area (Å²) >= 11 is 3.43. The van der Waals surface area contributed by atoms with E-state index >= 15 is 0 Å². The van der Waals surface area contributed by atoms with E-state index in [2.05, 4.69) is 32.4 Å².